The van der Waals surface area contributed by atoms with Crippen LogP contribution >= 0.6 is 11.8 Å². The van der Waals surface area contributed by atoms with Gasteiger partial charge in [-0.15, -0.1) is 0 Å². The summed E-state index contributed by atoms with van der Waals surface area (Å²) in [6.45, 7) is 2.18. The van der Waals surface area contributed by atoms with Crippen molar-refractivity contribution in [2.45, 2.75) is 68.3 Å². The van der Waals surface area contributed by atoms with E-state index in [1.807, 2.05) is 33.7 Å². The number of rotatable bonds is 9. The lowest BCUT2D eigenvalue weighted by Crippen LogP contribution is -2.47. The molecular formula is C36H36F4N4O2S. The average Bonchev–Trinajstić information content (AvgIpc) is 3.56. The summed E-state index contributed by atoms with van der Waals surface area (Å²) in [6, 6.07) is 18.9. The lowest BCUT2D eigenvalue weighted by molar-refractivity contribution is -0.138. The maximum atomic E-state index is 14.3. The zero-order chi connectivity index (χ0) is 33.1. The topological polar surface area (TPSA) is 58.4 Å². The van der Waals surface area contributed by atoms with Crippen molar-refractivity contribution in [1.82, 2.24) is 19.4 Å². The van der Waals surface area contributed by atoms with Gasteiger partial charge in [-0.25, -0.2) is 4.39 Å². The van der Waals surface area contributed by atoms with Crippen LogP contribution in [0.5, 0.6) is 0 Å². The third-order valence-electron chi connectivity index (χ3n) is 9.08. The fourth-order valence-corrected chi connectivity index (χ4v) is 7.36. The van der Waals surface area contributed by atoms with Gasteiger partial charge in [0.25, 0.3) is 5.56 Å². The highest BCUT2D eigenvalue weighted by atomic mass is 32.2. The number of thioether (sulfide) groups is 1. The van der Waals surface area contributed by atoms with Gasteiger partial charge in [-0.1, -0.05) is 60.3 Å². The third kappa shape index (κ3) is 7.79. The SMILES string of the molecule is CN1CCC(N(Cc2ccc(-c3ccc(C(F)(F)F)cc3)cc2)C(=O)Cn2c(SCc3ccc(F)cc3)nc(=O)c3c2CCC3)CC1. The second kappa shape index (κ2) is 14.0. The van der Waals surface area contributed by atoms with E-state index in [0.29, 0.717) is 41.4 Å². The number of aromatic nitrogens is 2. The van der Waals surface area contributed by atoms with Gasteiger partial charge in [0, 0.05) is 29.6 Å². The fraction of sp³-hybridized carbons (Fsp3) is 0.361. The highest BCUT2D eigenvalue weighted by Crippen LogP contribution is 2.32. The minimum absolute atomic E-state index is 0.0315. The Morgan fingerprint density at radius 2 is 1.53 bits per heavy atom. The molecule has 0 spiro atoms. The number of carbonyl (C=O) groups is 1. The number of benzene rings is 3. The van der Waals surface area contributed by atoms with Crippen LogP contribution in [-0.2, 0) is 42.7 Å². The first-order valence-electron chi connectivity index (χ1n) is 15.8. The molecule has 1 amide bonds. The molecule has 2 heterocycles. The van der Waals surface area contributed by atoms with Crippen molar-refractivity contribution in [2.24, 2.45) is 0 Å². The van der Waals surface area contributed by atoms with Crippen molar-refractivity contribution in [3.63, 3.8) is 0 Å². The number of likely N-dealkylation sites (tertiary alicyclic amines) is 1. The summed E-state index contributed by atoms with van der Waals surface area (Å²) in [7, 11) is 2.07. The Labute approximate surface area is 275 Å². The number of hydrogen-bond acceptors (Lipinski definition) is 5. The number of carbonyl (C=O) groups excluding carboxylic acids is 1. The molecule has 1 aliphatic heterocycles. The molecule has 47 heavy (non-hydrogen) atoms. The average molecular weight is 665 g/mol. The van der Waals surface area contributed by atoms with Crippen LogP contribution in [0, 0.1) is 5.82 Å². The van der Waals surface area contributed by atoms with Crippen LogP contribution in [0.25, 0.3) is 11.1 Å². The molecule has 1 saturated heterocycles. The van der Waals surface area contributed by atoms with Gasteiger partial charge in [-0.05, 0) is 98.8 Å². The van der Waals surface area contributed by atoms with Crippen molar-refractivity contribution >= 4 is 17.7 Å². The number of amides is 1. The molecule has 0 radical (unpaired) electrons. The Hall–Kier alpha value is -3.96. The number of halogens is 4. The predicted octanol–water partition coefficient (Wildman–Crippen LogP) is 6.97. The van der Waals surface area contributed by atoms with E-state index in [2.05, 4.69) is 16.9 Å². The number of fused-ring (bicyclic) bond motifs is 1. The summed E-state index contributed by atoms with van der Waals surface area (Å²) in [6.07, 6.45) is -0.556. The molecule has 0 bridgehead atoms. The Balaban J connectivity index is 1.25. The zero-order valence-electron chi connectivity index (χ0n) is 26.1. The van der Waals surface area contributed by atoms with E-state index in [0.717, 1.165) is 66.9 Å². The van der Waals surface area contributed by atoms with E-state index in [9.17, 15) is 27.2 Å². The predicted molar refractivity (Wildman–Crippen MR) is 174 cm³/mol. The number of hydrogen-bond donors (Lipinski definition) is 0. The minimum Gasteiger partial charge on any atom is -0.334 e. The largest absolute Gasteiger partial charge is 0.416 e. The maximum absolute atomic E-state index is 14.3. The third-order valence-corrected chi connectivity index (χ3v) is 10.1. The summed E-state index contributed by atoms with van der Waals surface area (Å²) >= 11 is 1.37. The lowest BCUT2D eigenvalue weighted by Gasteiger charge is -2.38. The van der Waals surface area contributed by atoms with Gasteiger partial charge in [-0.2, -0.15) is 18.2 Å². The van der Waals surface area contributed by atoms with Gasteiger partial charge < -0.3 is 14.4 Å². The molecule has 0 saturated carbocycles. The summed E-state index contributed by atoms with van der Waals surface area (Å²) in [5.74, 6) is 0.0959. The second-order valence-corrected chi connectivity index (χ2v) is 13.3. The van der Waals surface area contributed by atoms with Gasteiger partial charge in [0.15, 0.2) is 5.16 Å². The van der Waals surface area contributed by atoms with E-state index in [1.165, 1.54) is 36.0 Å². The van der Waals surface area contributed by atoms with Gasteiger partial charge in [-0.3, -0.25) is 9.59 Å². The molecule has 6 rings (SSSR count). The monoisotopic (exact) mass is 664 g/mol. The number of nitrogens with zero attached hydrogens (tertiary/aromatic N) is 4. The van der Waals surface area contributed by atoms with Crippen LogP contribution in [0.1, 0.15) is 47.2 Å². The Kier molecular flexibility index (Phi) is 9.84. The van der Waals surface area contributed by atoms with Gasteiger partial charge >= 0.3 is 6.18 Å². The highest BCUT2D eigenvalue weighted by molar-refractivity contribution is 7.98. The van der Waals surface area contributed by atoms with Crippen LogP contribution in [0.2, 0.25) is 0 Å². The first kappa shape index (κ1) is 33.0. The molecule has 2 aliphatic rings. The minimum atomic E-state index is -4.39. The van der Waals surface area contributed by atoms with Crippen LogP contribution in [0.15, 0.2) is 82.7 Å². The van der Waals surface area contributed by atoms with Gasteiger partial charge in [0.1, 0.15) is 12.4 Å². The quantitative estimate of drug-likeness (QED) is 0.110. The smallest absolute Gasteiger partial charge is 0.334 e. The van der Waals surface area contributed by atoms with E-state index in [-0.39, 0.29) is 29.9 Å². The molecule has 1 fully saturated rings. The van der Waals surface area contributed by atoms with Crippen LogP contribution in [0.3, 0.4) is 0 Å². The van der Waals surface area contributed by atoms with Crippen molar-refractivity contribution in [2.75, 3.05) is 20.1 Å². The molecule has 0 atom stereocenters. The summed E-state index contributed by atoms with van der Waals surface area (Å²) in [4.78, 5) is 35.8. The maximum Gasteiger partial charge on any atom is 0.416 e. The molecule has 4 aromatic rings. The summed E-state index contributed by atoms with van der Waals surface area (Å²) in [5.41, 5.74) is 3.88. The molecule has 11 heteroatoms. The molecular weight excluding hydrogens is 628 g/mol. The molecule has 1 aromatic heterocycles. The van der Waals surface area contributed by atoms with E-state index < -0.39 is 11.7 Å². The molecule has 3 aromatic carbocycles. The Morgan fingerprint density at radius 3 is 2.17 bits per heavy atom. The standard InChI is InChI=1S/C36H36F4N4O2S/c1-42-19-17-30(18-20-42)43(21-24-5-9-26(10-6-24)27-11-13-28(14-12-27)36(38,39)40)33(45)22-44-32-4-2-3-31(32)34(46)41-35(44)47-23-25-7-15-29(37)16-8-25/h5-16,30H,2-4,17-23H2,1H3. The Bertz CT molecular complexity index is 1770. The first-order valence-corrected chi connectivity index (χ1v) is 16.8. The van der Waals surface area contributed by atoms with Crippen molar-refractivity contribution in [3.8, 4) is 11.1 Å². The number of piperidine rings is 1. The summed E-state index contributed by atoms with van der Waals surface area (Å²) in [5, 5.41) is 0.484. The van der Waals surface area contributed by atoms with Crippen molar-refractivity contribution < 1.29 is 22.4 Å². The second-order valence-electron chi connectivity index (χ2n) is 12.3. The lowest BCUT2D eigenvalue weighted by atomic mass is 10.0. The number of alkyl halides is 3. The molecule has 0 unspecified atom stereocenters. The Morgan fingerprint density at radius 1 is 0.915 bits per heavy atom. The summed E-state index contributed by atoms with van der Waals surface area (Å²) < 4.78 is 54.5. The fourth-order valence-electron chi connectivity index (χ4n) is 6.39. The molecule has 6 nitrogen and oxygen atoms in total. The molecule has 1 aliphatic carbocycles. The van der Waals surface area contributed by atoms with Gasteiger partial charge in [0.05, 0.1) is 5.56 Å². The van der Waals surface area contributed by atoms with Crippen LogP contribution in [0.4, 0.5) is 17.6 Å². The van der Waals surface area contributed by atoms with E-state index in [1.54, 1.807) is 12.1 Å². The zero-order valence-corrected chi connectivity index (χ0v) is 26.9. The normalized spacial score (nSPS) is 15.5. The van der Waals surface area contributed by atoms with Crippen molar-refractivity contribution in [1.29, 1.82) is 0 Å². The highest BCUT2D eigenvalue weighted by Gasteiger charge is 2.31. The van der Waals surface area contributed by atoms with Crippen LogP contribution in [-0.4, -0.2) is 51.4 Å². The first-order chi connectivity index (χ1) is 22.5. The van der Waals surface area contributed by atoms with Gasteiger partial charge in [0.2, 0.25) is 5.91 Å². The molecule has 246 valence electrons. The molecule has 0 N–H and O–H groups in total. The van der Waals surface area contributed by atoms with E-state index >= 15 is 0 Å². The van der Waals surface area contributed by atoms with Crippen molar-refractivity contribution in [3.05, 3.63) is 117 Å². The van der Waals surface area contributed by atoms with Crippen LogP contribution < -0.4 is 5.56 Å². The van der Waals surface area contributed by atoms with E-state index in [4.69, 9.17) is 0 Å².